The van der Waals surface area contributed by atoms with Crippen molar-refractivity contribution < 1.29 is 13.0 Å². The molecule has 4 saturated carbocycles. The second-order valence-corrected chi connectivity index (χ2v) is 7.77. The van der Waals surface area contributed by atoms with Gasteiger partial charge in [0.05, 0.1) is 5.41 Å². The lowest BCUT2D eigenvalue weighted by Gasteiger charge is -2.57. The highest BCUT2D eigenvalue weighted by atomic mass is 32.2. The van der Waals surface area contributed by atoms with Gasteiger partial charge in [-0.1, -0.05) is 6.08 Å². The second-order valence-electron chi connectivity index (χ2n) is 6.47. The molecule has 0 aromatic carbocycles. The lowest BCUT2D eigenvalue weighted by atomic mass is 9.53. The van der Waals surface area contributed by atoms with Crippen molar-refractivity contribution in [3.63, 3.8) is 0 Å². The summed E-state index contributed by atoms with van der Waals surface area (Å²) in [5.41, 5.74) is 0.248. The van der Waals surface area contributed by atoms with Crippen molar-refractivity contribution in [3.05, 3.63) is 11.5 Å². The molecule has 4 fully saturated rings. The zero-order valence-electron chi connectivity index (χ0n) is 10.5. The van der Waals surface area contributed by atoms with Gasteiger partial charge in [0.15, 0.2) is 0 Å². The molecule has 4 bridgehead atoms. The Bertz CT molecular complexity index is 420. The summed E-state index contributed by atoms with van der Waals surface area (Å²) in [5, 5.41) is 4.41. The number of nitrogens with one attached hydrogen (secondary N) is 1. The molecule has 4 aliphatic rings. The third-order valence-corrected chi connectivity index (χ3v) is 5.44. The molecule has 0 heterocycles. The van der Waals surface area contributed by atoms with Gasteiger partial charge in [-0.2, -0.15) is 8.42 Å². The fourth-order valence-electron chi connectivity index (χ4n) is 4.77. The normalized spacial score (nSPS) is 42.8. The van der Waals surface area contributed by atoms with Crippen LogP contribution in [0.3, 0.4) is 0 Å². The zero-order chi connectivity index (χ0) is 12.8. The first-order valence-electron chi connectivity index (χ1n) is 6.83. The molecule has 0 aromatic rings. The predicted octanol–water partition coefficient (Wildman–Crippen LogP) is 1.95. The molecule has 0 aliphatic heterocycles. The molecule has 2 N–H and O–H groups in total. The maximum atomic E-state index is 10.6. The molecule has 0 atom stereocenters. The first-order valence-corrected chi connectivity index (χ1v) is 8.33. The van der Waals surface area contributed by atoms with Gasteiger partial charge >= 0.3 is 0 Å². The Labute approximate surface area is 109 Å². The summed E-state index contributed by atoms with van der Waals surface area (Å²) < 4.78 is 29.8. The Morgan fingerprint density at radius 2 is 1.61 bits per heavy atom. The number of hydrogen-bond donors (Lipinski definition) is 2. The van der Waals surface area contributed by atoms with E-state index in [4.69, 9.17) is 4.55 Å². The molecule has 4 aliphatic carbocycles. The Morgan fingerprint density at radius 1 is 1.11 bits per heavy atom. The molecular formula is C13H21NO3S. The molecule has 4 nitrogen and oxygen atoms in total. The summed E-state index contributed by atoms with van der Waals surface area (Å²) in [6.45, 7) is 0.534. The van der Waals surface area contributed by atoms with Crippen molar-refractivity contribution in [2.75, 3.05) is 6.54 Å². The van der Waals surface area contributed by atoms with E-state index in [-0.39, 0.29) is 5.54 Å². The van der Waals surface area contributed by atoms with Crippen LogP contribution in [0.4, 0.5) is 0 Å². The van der Waals surface area contributed by atoms with Crippen LogP contribution in [0.5, 0.6) is 0 Å². The smallest absolute Gasteiger partial charge is 0.287 e. The third kappa shape index (κ3) is 2.63. The van der Waals surface area contributed by atoms with Crippen LogP contribution < -0.4 is 5.32 Å². The molecule has 0 amide bonds. The standard InChI is InChI=1S/C13H21NO3S/c15-18(16,17)3-1-2-14-13-7-10-4-11(8-13)6-12(5-10)9-13/h1,3,10-12,14H,2,4-9H2,(H,15,16,17)/b3-1-. The maximum absolute atomic E-state index is 10.6. The Kier molecular flexibility index (Phi) is 3.03. The summed E-state index contributed by atoms with van der Waals surface area (Å²) >= 11 is 0. The van der Waals surface area contributed by atoms with E-state index in [9.17, 15) is 8.42 Å². The van der Waals surface area contributed by atoms with Gasteiger partial charge in [0.25, 0.3) is 10.1 Å². The van der Waals surface area contributed by atoms with Crippen molar-refractivity contribution in [1.29, 1.82) is 0 Å². The number of hydrogen-bond acceptors (Lipinski definition) is 3. The van der Waals surface area contributed by atoms with Crippen molar-refractivity contribution in [2.45, 2.75) is 44.1 Å². The molecular weight excluding hydrogens is 250 g/mol. The Hall–Kier alpha value is -0.390. The topological polar surface area (TPSA) is 66.4 Å². The van der Waals surface area contributed by atoms with E-state index in [2.05, 4.69) is 5.32 Å². The van der Waals surface area contributed by atoms with Crippen LogP contribution in [0.15, 0.2) is 11.5 Å². The van der Waals surface area contributed by atoms with Gasteiger partial charge in [0.2, 0.25) is 0 Å². The van der Waals surface area contributed by atoms with E-state index in [1.54, 1.807) is 0 Å². The quantitative estimate of drug-likeness (QED) is 0.767. The predicted molar refractivity (Wildman–Crippen MR) is 69.6 cm³/mol. The first-order chi connectivity index (χ1) is 8.44. The van der Waals surface area contributed by atoms with Crippen LogP contribution in [0.1, 0.15) is 38.5 Å². The van der Waals surface area contributed by atoms with E-state index >= 15 is 0 Å². The summed E-state index contributed by atoms with van der Waals surface area (Å²) in [5.74, 6) is 2.65. The van der Waals surface area contributed by atoms with Crippen LogP contribution in [0.25, 0.3) is 0 Å². The first kappa shape index (κ1) is 12.6. The zero-order valence-corrected chi connectivity index (χ0v) is 11.3. The minimum Gasteiger partial charge on any atom is -0.308 e. The minimum absolute atomic E-state index is 0.248. The van der Waals surface area contributed by atoms with Crippen molar-refractivity contribution in [1.82, 2.24) is 5.32 Å². The maximum Gasteiger partial charge on any atom is 0.287 e. The second kappa shape index (κ2) is 4.32. The van der Waals surface area contributed by atoms with Gasteiger partial charge < -0.3 is 5.32 Å². The van der Waals surface area contributed by atoms with Crippen LogP contribution in [0, 0.1) is 17.8 Å². The fraction of sp³-hybridized carbons (Fsp3) is 0.846. The van der Waals surface area contributed by atoms with Crippen LogP contribution in [0.2, 0.25) is 0 Å². The van der Waals surface area contributed by atoms with Gasteiger partial charge in [-0.05, 0) is 56.3 Å². The summed E-state index contributed by atoms with van der Waals surface area (Å²) in [7, 11) is -3.97. The van der Waals surface area contributed by atoms with Crippen LogP contribution >= 0.6 is 0 Å². The average Bonchev–Trinajstić information content (AvgIpc) is 2.21. The van der Waals surface area contributed by atoms with Gasteiger partial charge in [-0.3, -0.25) is 4.55 Å². The van der Waals surface area contributed by atoms with E-state index in [0.717, 1.165) is 23.2 Å². The molecule has 0 saturated heterocycles. The fourth-order valence-corrected chi connectivity index (χ4v) is 5.11. The largest absolute Gasteiger partial charge is 0.308 e. The van der Waals surface area contributed by atoms with Gasteiger partial charge in [0.1, 0.15) is 0 Å². The van der Waals surface area contributed by atoms with E-state index in [1.807, 2.05) is 0 Å². The molecule has 0 radical (unpaired) electrons. The minimum atomic E-state index is -3.97. The SMILES string of the molecule is O=S(=O)(O)/C=C\CNC12CC3CC(CC(C3)C1)C2. The summed E-state index contributed by atoms with van der Waals surface area (Å²) in [6, 6.07) is 0. The molecule has 0 unspecified atom stereocenters. The highest BCUT2D eigenvalue weighted by Gasteiger charge is 2.50. The molecule has 102 valence electrons. The molecule has 5 heteroatoms. The monoisotopic (exact) mass is 271 g/mol. The lowest BCUT2D eigenvalue weighted by Crippen LogP contribution is -2.58. The highest BCUT2D eigenvalue weighted by Crippen LogP contribution is 2.55. The third-order valence-electron chi connectivity index (χ3n) is 4.90. The lowest BCUT2D eigenvalue weighted by molar-refractivity contribution is -0.0178. The molecule has 0 aromatic heterocycles. The van der Waals surface area contributed by atoms with Gasteiger partial charge in [-0.25, -0.2) is 0 Å². The van der Waals surface area contributed by atoms with Gasteiger partial charge in [0, 0.05) is 12.1 Å². The Morgan fingerprint density at radius 3 is 2.06 bits per heavy atom. The van der Waals surface area contributed by atoms with Gasteiger partial charge in [-0.15, -0.1) is 0 Å². The van der Waals surface area contributed by atoms with Crippen molar-refractivity contribution in [3.8, 4) is 0 Å². The number of rotatable bonds is 4. The van der Waals surface area contributed by atoms with Crippen molar-refractivity contribution >= 4 is 10.1 Å². The molecule has 18 heavy (non-hydrogen) atoms. The molecule has 0 spiro atoms. The van der Waals surface area contributed by atoms with Crippen LogP contribution in [-0.2, 0) is 10.1 Å². The van der Waals surface area contributed by atoms with E-state index < -0.39 is 10.1 Å². The average molecular weight is 271 g/mol. The van der Waals surface area contributed by atoms with Crippen LogP contribution in [-0.4, -0.2) is 25.1 Å². The Balaban J connectivity index is 1.61. The van der Waals surface area contributed by atoms with E-state index in [1.165, 1.54) is 44.6 Å². The highest BCUT2D eigenvalue weighted by molar-refractivity contribution is 7.88. The summed E-state index contributed by atoms with van der Waals surface area (Å²) in [4.78, 5) is 0. The van der Waals surface area contributed by atoms with Crippen molar-refractivity contribution in [2.24, 2.45) is 17.8 Å². The summed E-state index contributed by atoms with van der Waals surface area (Å²) in [6.07, 6.45) is 9.47. The molecule has 4 rings (SSSR count). The van der Waals surface area contributed by atoms with E-state index in [0.29, 0.717) is 6.54 Å².